The summed E-state index contributed by atoms with van der Waals surface area (Å²) in [6.45, 7) is 2.01. The van der Waals surface area contributed by atoms with Gasteiger partial charge in [0.05, 0.1) is 11.4 Å². The van der Waals surface area contributed by atoms with Crippen LogP contribution in [0.25, 0.3) is 0 Å². The van der Waals surface area contributed by atoms with Gasteiger partial charge in [0, 0.05) is 17.5 Å². The van der Waals surface area contributed by atoms with Gasteiger partial charge in [-0.2, -0.15) is 5.10 Å². The number of nitrogens with zero attached hydrogens (tertiary/aromatic N) is 1. The van der Waals surface area contributed by atoms with Crippen LogP contribution in [0.1, 0.15) is 31.8 Å². The van der Waals surface area contributed by atoms with Crippen LogP contribution in [0.4, 0.5) is 11.4 Å². The summed E-state index contributed by atoms with van der Waals surface area (Å²) in [6, 6.07) is 22.0. The fourth-order valence-corrected chi connectivity index (χ4v) is 3.14. The lowest BCUT2D eigenvalue weighted by Gasteiger charge is -2.09. The third-order valence-corrected chi connectivity index (χ3v) is 4.67. The Bertz CT molecular complexity index is 1090. The molecule has 0 saturated carbocycles. The predicted octanol–water partition coefficient (Wildman–Crippen LogP) is 4.45. The minimum atomic E-state index is -0.233. The van der Waals surface area contributed by atoms with E-state index >= 15 is 0 Å². The Morgan fingerprint density at radius 2 is 1.54 bits per heavy atom. The lowest BCUT2D eigenvalue weighted by molar-refractivity contribution is 0.102. The van der Waals surface area contributed by atoms with E-state index in [1.54, 1.807) is 30.3 Å². The number of fused-ring (bicyclic) bond motifs is 2. The second-order valence-electron chi connectivity index (χ2n) is 6.70. The van der Waals surface area contributed by atoms with Crippen LogP contribution in [0.5, 0.6) is 0 Å². The number of benzene rings is 3. The maximum Gasteiger partial charge on any atom is 0.255 e. The van der Waals surface area contributed by atoms with Crippen LogP contribution < -0.4 is 10.7 Å². The summed E-state index contributed by atoms with van der Waals surface area (Å²) >= 11 is 0. The molecular weight excluding hydrogens is 350 g/mol. The Kier molecular flexibility index (Phi) is 4.72. The summed E-state index contributed by atoms with van der Waals surface area (Å²) in [6.07, 6.45) is 0.260. The van der Waals surface area contributed by atoms with Gasteiger partial charge in [-0.3, -0.25) is 15.0 Å². The van der Waals surface area contributed by atoms with E-state index < -0.39 is 0 Å². The number of hydrogen-bond donors (Lipinski definition) is 2. The van der Waals surface area contributed by atoms with Gasteiger partial charge in [-0.1, -0.05) is 48.0 Å². The number of anilines is 2. The molecule has 1 heterocycles. The monoisotopic (exact) mass is 369 g/mol. The fourth-order valence-electron chi connectivity index (χ4n) is 3.14. The van der Waals surface area contributed by atoms with Crippen molar-refractivity contribution >= 4 is 28.8 Å². The van der Waals surface area contributed by atoms with Crippen molar-refractivity contribution in [3.05, 3.63) is 95.1 Å². The van der Waals surface area contributed by atoms with Crippen molar-refractivity contribution in [3.8, 4) is 0 Å². The quantitative estimate of drug-likeness (QED) is 0.656. The molecule has 0 radical (unpaired) electrons. The molecule has 1 aliphatic heterocycles. The van der Waals surface area contributed by atoms with Crippen LogP contribution in [-0.2, 0) is 6.42 Å². The van der Waals surface area contributed by atoms with Gasteiger partial charge in [0.25, 0.3) is 5.91 Å². The summed E-state index contributed by atoms with van der Waals surface area (Å²) in [4.78, 5) is 25.9. The second-order valence-corrected chi connectivity index (χ2v) is 6.70. The zero-order valence-corrected chi connectivity index (χ0v) is 15.4. The first-order chi connectivity index (χ1) is 13.6. The molecule has 0 saturated heterocycles. The van der Waals surface area contributed by atoms with Crippen molar-refractivity contribution in [2.24, 2.45) is 5.10 Å². The number of nitrogens with one attached hydrogen (secondary N) is 2. The van der Waals surface area contributed by atoms with Crippen molar-refractivity contribution in [2.45, 2.75) is 13.3 Å². The molecule has 0 fully saturated rings. The SMILES string of the molecule is Cc1ccc(N/N=C2/Cc3ccccc3C(=O)Nc3ccccc3C2=O)cc1. The first kappa shape index (κ1) is 17.7. The zero-order chi connectivity index (χ0) is 19.5. The molecule has 1 aliphatic rings. The highest BCUT2D eigenvalue weighted by atomic mass is 16.2. The highest BCUT2D eigenvalue weighted by molar-refractivity contribution is 6.48. The molecule has 5 heteroatoms. The van der Waals surface area contributed by atoms with Gasteiger partial charge < -0.3 is 5.32 Å². The molecule has 1 amide bonds. The molecule has 0 atom stereocenters. The topological polar surface area (TPSA) is 70.6 Å². The smallest absolute Gasteiger partial charge is 0.255 e. The van der Waals surface area contributed by atoms with E-state index in [1.165, 1.54) is 0 Å². The molecule has 0 aromatic heterocycles. The molecule has 0 spiro atoms. The Hall–Kier alpha value is -3.73. The molecule has 5 nitrogen and oxygen atoms in total. The van der Waals surface area contributed by atoms with Crippen LogP contribution in [0, 0.1) is 6.92 Å². The number of carbonyl (C=O) groups excluding carboxylic acids is 2. The molecule has 2 N–H and O–H groups in total. The summed E-state index contributed by atoms with van der Waals surface area (Å²) in [5.41, 5.74) is 7.46. The molecule has 28 heavy (non-hydrogen) atoms. The van der Waals surface area contributed by atoms with E-state index in [0.717, 1.165) is 16.8 Å². The van der Waals surface area contributed by atoms with E-state index in [1.807, 2.05) is 49.4 Å². The minimum Gasteiger partial charge on any atom is -0.321 e. The van der Waals surface area contributed by atoms with Crippen LogP contribution >= 0.6 is 0 Å². The molecule has 0 aliphatic carbocycles. The molecule has 3 aromatic carbocycles. The van der Waals surface area contributed by atoms with E-state index in [-0.39, 0.29) is 18.1 Å². The number of aryl methyl sites for hydroxylation is 1. The van der Waals surface area contributed by atoms with Gasteiger partial charge in [0.1, 0.15) is 5.71 Å². The largest absolute Gasteiger partial charge is 0.321 e. The number of rotatable bonds is 2. The van der Waals surface area contributed by atoms with Gasteiger partial charge in [-0.15, -0.1) is 0 Å². The summed E-state index contributed by atoms with van der Waals surface area (Å²) < 4.78 is 0. The zero-order valence-electron chi connectivity index (χ0n) is 15.4. The minimum absolute atomic E-state index is 0.216. The van der Waals surface area contributed by atoms with Crippen molar-refractivity contribution in [1.82, 2.24) is 0 Å². The highest BCUT2D eigenvalue weighted by Gasteiger charge is 2.24. The molecular formula is C23H19N3O2. The van der Waals surface area contributed by atoms with Crippen LogP contribution in [0.15, 0.2) is 77.9 Å². The van der Waals surface area contributed by atoms with Crippen molar-refractivity contribution in [3.63, 3.8) is 0 Å². The van der Waals surface area contributed by atoms with Gasteiger partial charge in [0.15, 0.2) is 0 Å². The fraction of sp³-hybridized carbons (Fsp3) is 0.0870. The summed E-state index contributed by atoms with van der Waals surface area (Å²) in [5.74, 6) is -0.448. The van der Waals surface area contributed by atoms with Gasteiger partial charge >= 0.3 is 0 Å². The Morgan fingerprint density at radius 1 is 0.857 bits per heavy atom. The van der Waals surface area contributed by atoms with Crippen LogP contribution in [-0.4, -0.2) is 17.4 Å². The molecule has 0 bridgehead atoms. The molecule has 3 aromatic rings. The standard InChI is InChI=1S/C23H19N3O2/c1-15-10-12-17(13-11-15)25-26-21-14-16-6-2-3-7-18(16)23(28)24-20-9-5-4-8-19(20)22(21)27/h2-13,25H,14H2,1H3,(H,24,28)/b26-21-. The Morgan fingerprint density at radius 3 is 2.32 bits per heavy atom. The number of para-hydroxylation sites is 1. The van der Waals surface area contributed by atoms with Crippen LogP contribution in [0.2, 0.25) is 0 Å². The Labute approximate surface area is 163 Å². The maximum absolute atomic E-state index is 13.2. The third kappa shape index (κ3) is 3.55. The molecule has 4 rings (SSSR count). The number of Topliss-reactive ketones (excluding diaryl/α,β-unsaturated/α-hetero) is 1. The summed E-state index contributed by atoms with van der Waals surface area (Å²) in [7, 11) is 0. The number of hydrazone groups is 1. The average Bonchev–Trinajstić information content (AvgIpc) is 2.76. The van der Waals surface area contributed by atoms with Gasteiger partial charge in [-0.25, -0.2) is 0 Å². The van der Waals surface area contributed by atoms with E-state index in [4.69, 9.17) is 0 Å². The van der Waals surface area contributed by atoms with Crippen molar-refractivity contribution < 1.29 is 9.59 Å². The summed E-state index contributed by atoms with van der Waals surface area (Å²) in [5, 5.41) is 7.26. The van der Waals surface area contributed by atoms with E-state index in [9.17, 15) is 9.59 Å². The van der Waals surface area contributed by atoms with Gasteiger partial charge in [-0.05, 0) is 42.8 Å². The predicted molar refractivity (Wildman–Crippen MR) is 111 cm³/mol. The lowest BCUT2D eigenvalue weighted by atomic mass is 9.98. The van der Waals surface area contributed by atoms with Crippen molar-refractivity contribution in [1.29, 1.82) is 0 Å². The average molecular weight is 369 g/mol. The number of amides is 1. The number of hydrogen-bond acceptors (Lipinski definition) is 4. The van der Waals surface area contributed by atoms with E-state index in [0.29, 0.717) is 22.5 Å². The van der Waals surface area contributed by atoms with Crippen LogP contribution in [0.3, 0.4) is 0 Å². The first-order valence-corrected chi connectivity index (χ1v) is 9.04. The van der Waals surface area contributed by atoms with Crippen molar-refractivity contribution in [2.75, 3.05) is 10.7 Å². The second kappa shape index (κ2) is 7.48. The number of ketones is 1. The normalized spacial score (nSPS) is 15.0. The Balaban J connectivity index is 1.79. The number of carbonyl (C=O) groups is 2. The first-order valence-electron chi connectivity index (χ1n) is 9.04. The molecule has 138 valence electrons. The maximum atomic E-state index is 13.2. The van der Waals surface area contributed by atoms with Gasteiger partial charge in [0.2, 0.25) is 5.78 Å². The third-order valence-electron chi connectivity index (χ3n) is 4.67. The van der Waals surface area contributed by atoms with E-state index in [2.05, 4.69) is 15.8 Å². The highest BCUT2D eigenvalue weighted by Crippen LogP contribution is 2.23. The molecule has 0 unspecified atom stereocenters. The lowest BCUT2D eigenvalue weighted by Crippen LogP contribution is -2.19.